The van der Waals surface area contributed by atoms with Gasteiger partial charge in [0.2, 0.25) is 0 Å². The zero-order chi connectivity index (χ0) is 21.7. The number of ether oxygens (including phenoxy) is 1. The molecule has 1 heterocycles. The average Bonchev–Trinajstić information content (AvgIpc) is 3.24. The van der Waals surface area contributed by atoms with Gasteiger partial charge >= 0.3 is 0 Å². The van der Waals surface area contributed by atoms with Crippen LogP contribution >= 0.6 is 24.0 Å². The Balaban J connectivity index is 0.00000289. The largest absolute Gasteiger partial charge is 0.487 e. The monoisotopic (exact) mass is 548 g/mol. The SMILES string of the molecule is CCNC(=O)c1ccc(CNC(=NC)NC2CC3(CCCC3)Oc3ccccc32)cc1.I. The van der Waals surface area contributed by atoms with E-state index < -0.39 is 0 Å². The Morgan fingerprint density at radius 3 is 2.50 bits per heavy atom. The van der Waals surface area contributed by atoms with E-state index in [0.717, 1.165) is 36.5 Å². The molecule has 2 aliphatic rings. The van der Waals surface area contributed by atoms with Gasteiger partial charge in [0.05, 0.1) is 6.04 Å². The Kier molecular flexibility index (Phi) is 8.39. The zero-order valence-electron chi connectivity index (χ0n) is 18.8. The first-order valence-electron chi connectivity index (χ1n) is 11.2. The van der Waals surface area contributed by atoms with Gasteiger partial charge in [0.15, 0.2) is 5.96 Å². The minimum Gasteiger partial charge on any atom is -0.487 e. The van der Waals surface area contributed by atoms with Crippen LogP contribution in [0.4, 0.5) is 0 Å². The van der Waals surface area contributed by atoms with Crippen molar-refractivity contribution in [3.63, 3.8) is 0 Å². The number of fused-ring (bicyclic) bond motifs is 1. The molecule has 0 bridgehead atoms. The number of para-hydroxylation sites is 1. The van der Waals surface area contributed by atoms with E-state index >= 15 is 0 Å². The van der Waals surface area contributed by atoms with Crippen LogP contribution in [0.15, 0.2) is 53.5 Å². The van der Waals surface area contributed by atoms with Gasteiger partial charge in [0.1, 0.15) is 11.4 Å². The third-order valence-corrected chi connectivity index (χ3v) is 6.26. The molecule has 172 valence electrons. The van der Waals surface area contributed by atoms with Gasteiger partial charge in [-0.1, -0.05) is 30.3 Å². The molecule has 7 heteroatoms. The molecule has 2 aromatic carbocycles. The van der Waals surface area contributed by atoms with E-state index in [1.165, 1.54) is 18.4 Å². The molecule has 32 heavy (non-hydrogen) atoms. The second-order valence-corrected chi connectivity index (χ2v) is 8.41. The van der Waals surface area contributed by atoms with Crippen molar-refractivity contribution >= 4 is 35.8 Å². The molecule has 2 aromatic rings. The number of rotatable bonds is 5. The number of carbonyl (C=O) groups excluding carboxylic acids is 1. The second-order valence-electron chi connectivity index (χ2n) is 8.41. The molecule has 1 saturated carbocycles. The molecule has 1 unspecified atom stereocenters. The Morgan fingerprint density at radius 1 is 1.09 bits per heavy atom. The maximum absolute atomic E-state index is 11.9. The molecule has 1 aliphatic carbocycles. The number of hydrogen-bond donors (Lipinski definition) is 3. The molecule has 1 atom stereocenters. The van der Waals surface area contributed by atoms with Crippen molar-refractivity contribution in [2.45, 2.75) is 57.2 Å². The maximum atomic E-state index is 11.9. The minimum absolute atomic E-state index is 0. The molecular weight excluding hydrogens is 515 g/mol. The fraction of sp³-hybridized carbons (Fsp3) is 0.440. The summed E-state index contributed by atoms with van der Waals surface area (Å²) < 4.78 is 6.47. The van der Waals surface area contributed by atoms with Crippen molar-refractivity contribution in [2.75, 3.05) is 13.6 Å². The van der Waals surface area contributed by atoms with Crippen LogP contribution in [0.1, 0.15) is 66.6 Å². The van der Waals surface area contributed by atoms with Gasteiger partial charge in [-0.2, -0.15) is 0 Å². The highest BCUT2D eigenvalue weighted by atomic mass is 127. The van der Waals surface area contributed by atoms with Crippen LogP contribution in [-0.2, 0) is 6.54 Å². The van der Waals surface area contributed by atoms with E-state index in [1.54, 1.807) is 7.05 Å². The Hall–Kier alpha value is -2.29. The second kappa shape index (κ2) is 11.0. The molecule has 1 spiro atoms. The smallest absolute Gasteiger partial charge is 0.251 e. The van der Waals surface area contributed by atoms with Gasteiger partial charge in [-0.3, -0.25) is 9.79 Å². The molecule has 1 amide bonds. The van der Waals surface area contributed by atoms with Crippen LogP contribution in [-0.4, -0.2) is 31.1 Å². The first-order chi connectivity index (χ1) is 15.1. The third kappa shape index (κ3) is 5.54. The summed E-state index contributed by atoms with van der Waals surface area (Å²) in [5, 5.41) is 9.86. The van der Waals surface area contributed by atoms with Gasteiger partial charge in [-0.05, 0) is 56.4 Å². The Morgan fingerprint density at radius 2 is 1.81 bits per heavy atom. The van der Waals surface area contributed by atoms with Crippen LogP contribution in [0.3, 0.4) is 0 Å². The summed E-state index contributed by atoms with van der Waals surface area (Å²) in [5.41, 5.74) is 2.90. The lowest BCUT2D eigenvalue weighted by Crippen LogP contribution is -2.46. The molecule has 0 radical (unpaired) electrons. The van der Waals surface area contributed by atoms with Crippen molar-refractivity contribution in [2.24, 2.45) is 4.99 Å². The summed E-state index contributed by atoms with van der Waals surface area (Å²) >= 11 is 0. The number of nitrogens with one attached hydrogen (secondary N) is 3. The first-order valence-corrected chi connectivity index (χ1v) is 11.2. The quantitative estimate of drug-likeness (QED) is 0.291. The van der Waals surface area contributed by atoms with Crippen LogP contribution < -0.4 is 20.7 Å². The highest BCUT2D eigenvalue weighted by Crippen LogP contribution is 2.46. The molecule has 0 saturated heterocycles. The summed E-state index contributed by atoms with van der Waals surface area (Å²) in [6, 6.07) is 16.2. The molecule has 3 N–H and O–H groups in total. The van der Waals surface area contributed by atoms with Crippen LogP contribution in [0.5, 0.6) is 5.75 Å². The predicted octanol–water partition coefficient (Wildman–Crippen LogP) is 4.56. The van der Waals surface area contributed by atoms with E-state index in [-0.39, 0.29) is 41.5 Å². The summed E-state index contributed by atoms with van der Waals surface area (Å²) in [5.74, 6) is 1.71. The fourth-order valence-corrected chi connectivity index (χ4v) is 4.65. The molecule has 4 rings (SSSR count). The summed E-state index contributed by atoms with van der Waals surface area (Å²) in [6.07, 6.45) is 5.64. The number of aliphatic imine (C=N–C) groups is 1. The normalized spacial score (nSPS) is 18.8. The lowest BCUT2D eigenvalue weighted by Gasteiger charge is -2.40. The maximum Gasteiger partial charge on any atom is 0.251 e. The number of amides is 1. The van der Waals surface area contributed by atoms with E-state index in [9.17, 15) is 4.79 Å². The van der Waals surface area contributed by atoms with E-state index in [0.29, 0.717) is 18.7 Å². The summed E-state index contributed by atoms with van der Waals surface area (Å²) in [6.45, 7) is 3.17. The Labute approximate surface area is 207 Å². The molecule has 1 aliphatic heterocycles. The fourth-order valence-electron chi connectivity index (χ4n) is 4.65. The number of halogens is 1. The lowest BCUT2D eigenvalue weighted by atomic mass is 9.86. The van der Waals surface area contributed by atoms with E-state index in [2.05, 4.69) is 39.1 Å². The number of nitrogens with zero attached hydrogens (tertiary/aromatic N) is 1. The molecular formula is C25H33IN4O2. The van der Waals surface area contributed by atoms with Crippen molar-refractivity contribution in [1.29, 1.82) is 0 Å². The van der Waals surface area contributed by atoms with Crippen molar-refractivity contribution in [3.8, 4) is 5.75 Å². The van der Waals surface area contributed by atoms with E-state index in [4.69, 9.17) is 4.74 Å². The van der Waals surface area contributed by atoms with Crippen LogP contribution in [0, 0.1) is 0 Å². The summed E-state index contributed by atoms with van der Waals surface area (Å²) in [7, 11) is 1.80. The highest BCUT2D eigenvalue weighted by molar-refractivity contribution is 14.0. The van der Waals surface area contributed by atoms with Gasteiger partial charge in [-0.25, -0.2) is 0 Å². The topological polar surface area (TPSA) is 74.8 Å². The van der Waals surface area contributed by atoms with Crippen molar-refractivity contribution < 1.29 is 9.53 Å². The van der Waals surface area contributed by atoms with Gasteiger partial charge in [-0.15, -0.1) is 24.0 Å². The average molecular weight is 548 g/mol. The van der Waals surface area contributed by atoms with Crippen molar-refractivity contribution in [3.05, 3.63) is 65.2 Å². The number of guanidine groups is 1. The number of hydrogen-bond acceptors (Lipinski definition) is 3. The zero-order valence-corrected chi connectivity index (χ0v) is 21.1. The lowest BCUT2D eigenvalue weighted by molar-refractivity contribution is 0.0396. The highest BCUT2D eigenvalue weighted by Gasteiger charge is 2.43. The van der Waals surface area contributed by atoms with Gasteiger partial charge < -0.3 is 20.7 Å². The van der Waals surface area contributed by atoms with E-state index in [1.807, 2.05) is 37.3 Å². The summed E-state index contributed by atoms with van der Waals surface area (Å²) in [4.78, 5) is 16.4. The van der Waals surface area contributed by atoms with Gasteiger partial charge in [0, 0.05) is 37.7 Å². The van der Waals surface area contributed by atoms with Crippen LogP contribution in [0.2, 0.25) is 0 Å². The van der Waals surface area contributed by atoms with Crippen molar-refractivity contribution in [1.82, 2.24) is 16.0 Å². The number of carbonyl (C=O) groups is 1. The minimum atomic E-state index is -0.0558. The predicted molar refractivity (Wildman–Crippen MR) is 139 cm³/mol. The molecule has 0 aromatic heterocycles. The standard InChI is InChI=1S/C25H32N4O2.HI/c1-3-27-23(30)19-12-10-18(11-13-19)17-28-24(26-2)29-21-16-25(14-6-7-15-25)31-22-9-5-4-8-20(21)22;/h4-5,8-13,21H,3,6-7,14-17H2,1-2H3,(H,27,30)(H2,26,28,29);1H. The Bertz CT molecular complexity index is 939. The molecule has 6 nitrogen and oxygen atoms in total. The molecule has 1 fully saturated rings. The van der Waals surface area contributed by atoms with Crippen LogP contribution in [0.25, 0.3) is 0 Å². The van der Waals surface area contributed by atoms with Gasteiger partial charge in [0.25, 0.3) is 5.91 Å². The third-order valence-electron chi connectivity index (χ3n) is 6.26. The first kappa shape index (κ1) is 24.4. The number of benzene rings is 2.